The van der Waals surface area contributed by atoms with E-state index >= 15 is 0 Å². The minimum atomic E-state index is -0.461. The second kappa shape index (κ2) is 5.20. The number of nitrogens with one attached hydrogen (secondary N) is 1. The van der Waals surface area contributed by atoms with Crippen LogP contribution >= 0.6 is 0 Å². The van der Waals surface area contributed by atoms with Crippen molar-refractivity contribution in [3.63, 3.8) is 0 Å². The molecule has 2 amide bonds. The zero-order chi connectivity index (χ0) is 15.0. The van der Waals surface area contributed by atoms with Crippen LogP contribution in [0.2, 0.25) is 0 Å². The number of benzene rings is 2. The fourth-order valence-corrected chi connectivity index (χ4v) is 2.93. The van der Waals surface area contributed by atoms with E-state index in [0.29, 0.717) is 0 Å². The van der Waals surface area contributed by atoms with E-state index in [2.05, 4.69) is 5.32 Å². The SMILES string of the molecule is CC(C)C1C(=O)NCC(=O)N1c1cccc2ccccc12. The van der Waals surface area contributed by atoms with Crippen LogP contribution in [0.1, 0.15) is 13.8 Å². The Hall–Kier alpha value is -2.36. The third-order valence-corrected chi connectivity index (χ3v) is 3.89. The summed E-state index contributed by atoms with van der Waals surface area (Å²) < 4.78 is 0. The quantitative estimate of drug-likeness (QED) is 0.919. The van der Waals surface area contributed by atoms with E-state index in [1.165, 1.54) is 0 Å². The molecule has 0 saturated carbocycles. The van der Waals surface area contributed by atoms with Crippen molar-refractivity contribution < 1.29 is 9.59 Å². The van der Waals surface area contributed by atoms with Gasteiger partial charge in [-0.25, -0.2) is 0 Å². The van der Waals surface area contributed by atoms with Crippen LogP contribution in [-0.2, 0) is 9.59 Å². The Morgan fingerprint density at radius 2 is 1.81 bits per heavy atom. The first-order chi connectivity index (χ1) is 10.1. The monoisotopic (exact) mass is 282 g/mol. The highest BCUT2D eigenvalue weighted by molar-refractivity contribution is 6.11. The van der Waals surface area contributed by atoms with Crippen molar-refractivity contribution in [3.05, 3.63) is 42.5 Å². The Labute approximate surface area is 123 Å². The van der Waals surface area contributed by atoms with Gasteiger partial charge in [0.2, 0.25) is 11.8 Å². The summed E-state index contributed by atoms with van der Waals surface area (Å²) in [6.45, 7) is 3.98. The third-order valence-electron chi connectivity index (χ3n) is 3.89. The second-order valence-corrected chi connectivity index (χ2v) is 5.67. The molecule has 1 atom stereocenters. The summed E-state index contributed by atoms with van der Waals surface area (Å²) >= 11 is 0. The minimum Gasteiger partial charge on any atom is -0.345 e. The molecule has 1 unspecified atom stereocenters. The fraction of sp³-hybridized carbons (Fsp3) is 0.294. The number of amides is 2. The van der Waals surface area contributed by atoms with Gasteiger partial charge in [0.05, 0.1) is 12.2 Å². The van der Waals surface area contributed by atoms with Crippen molar-refractivity contribution in [1.29, 1.82) is 0 Å². The Balaban J connectivity index is 2.18. The predicted molar refractivity (Wildman–Crippen MR) is 83.1 cm³/mol. The predicted octanol–water partition coefficient (Wildman–Crippen LogP) is 2.33. The topological polar surface area (TPSA) is 49.4 Å². The zero-order valence-electron chi connectivity index (χ0n) is 12.2. The Morgan fingerprint density at radius 3 is 2.57 bits per heavy atom. The summed E-state index contributed by atoms with van der Waals surface area (Å²) in [5.74, 6) is -0.101. The molecule has 108 valence electrons. The van der Waals surface area contributed by atoms with Crippen molar-refractivity contribution in [2.75, 3.05) is 11.4 Å². The molecule has 2 aromatic rings. The molecule has 1 aliphatic heterocycles. The Kier molecular flexibility index (Phi) is 3.37. The van der Waals surface area contributed by atoms with Crippen LogP contribution in [0.25, 0.3) is 10.8 Å². The molecule has 1 fully saturated rings. The first-order valence-corrected chi connectivity index (χ1v) is 7.17. The fourth-order valence-electron chi connectivity index (χ4n) is 2.93. The number of carbonyl (C=O) groups excluding carboxylic acids is 2. The lowest BCUT2D eigenvalue weighted by Gasteiger charge is -2.37. The molecular formula is C17H18N2O2. The largest absolute Gasteiger partial charge is 0.345 e. The molecule has 3 rings (SSSR count). The van der Waals surface area contributed by atoms with E-state index in [-0.39, 0.29) is 24.3 Å². The zero-order valence-corrected chi connectivity index (χ0v) is 12.2. The van der Waals surface area contributed by atoms with Crippen molar-refractivity contribution >= 4 is 28.3 Å². The molecule has 4 nitrogen and oxygen atoms in total. The van der Waals surface area contributed by atoms with Gasteiger partial charge in [0.15, 0.2) is 0 Å². The number of rotatable bonds is 2. The van der Waals surface area contributed by atoms with E-state index in [9.17, 15) is 9.59 Å². The normalized spacial score (nSPS) is 19.2. The van der Waals surface area contributed by atoms with Gasteiger partial charge < -0.3 is 5.32 Å². The lowest BCUT2D eigenvalue weighted by Crippen LogP contribution is -2.60. The number of anilines is 1. The molecule has 4 heteroatoms. The maximum atomic E-state index is 12.4. The van der Waals surface area contributed by atoms with E-state index in [1.807, 2.05) is 56.3 Å². The number of piperazine rings is 1. The minimum absolute atomic E-state index is 0.0493. The maximum Gasteiger partial charge on any atom is 0.247 e. The van der Waals surface area contributed by atoms with Gasteiger partial charge in [-0.3, -0.25) is 14.5 Å². The summed E-state index contributed by atoms with van der Waals surface area (Å²) in [5.41, 5.74) is 0.812. The molecule has 0 aromatic heterocycles. The van der Waals surface area contributed by atoms with Crippen LogP contribution < -0.4 is 10.2 Å². The van der Waals surface area contributed by atoms with Crippen LogP contribution in [0, 0.1) is 5.92 Å². The highest BCUT2D eigenvalue weighted by atomic mass is 16.2. The van der Waals surface area contributed by atoms with Gasteiger partial charge in [0.25, 0.3) is 0 Å². The average molecular weight is 282 g/mol. The third kappa shape index (κ3) is 2.27. The molecule has 1 saturated heterocycles. The number of nitrogens with zero attached hydrogens (tertiary/aromatic N) is 1. The molecular weight excluding hydrogens is 264 g/mol. The number of carbonyl (C=O) groups is 2. The van der Waals surface area contributed by atoms with E-state index in [0.717, 1.165) is 16.5 Å². The van der Waals surface area contributed by atoms with Crippen LogP contribution in [0.5, 0.6) is 0 Å². The highest BCUT2D eigenvalue weighted by Crippen LogP contribution is 2.31. The summed E-state index contributed by atoms with van der Waals surface area (Å²) in [7, 11) is 0. The molecule has 0 spiro atoms. The summed E-state index contributed by atoms with van der Waals surface area (Å²) in [6, 6.07) is 13.3. The standard InChI is InChI=1S/C17H18N2O2/c1-11(2)16-17(21)18-10-15(20)19(16)14-9-5-7-12-6-3-4-8-13(12)14/h3-9,11,16H,10H2,1-2H3,(H,18,21). The summed E-state index contributed by atoms with van der Waals surface area (Å²) in [5, 5.41) is 4.74. The molecule has 2 aromatic carbocycles. The lowest BCUT2D eigenvalue weighted by atomic mass is 9.97. The van der Waals surface area contributed by atoms with E-state index in [1.54, 1.807) is 4.90 Å². The average Bonchev–Trinajstić information content (AvgIpc) is 2.48. The summed E-state index contributed by atoms with van der Waals surface area (Å²) in [6.07, 6.45) is 0. The van der Waals surface area contributed by atoms with Crippen LogP contribution in [-0.4, -0.2) is 24.4 Å². The van der Waals surface area contributed by atoms with Crippen LogP contribution in [0.3, 0.4) is 0 Å². The van der Waals surface area contributed by atoms with Gasteiger partial charge in [-0.15, -0.1) is 0 Å². The Morgan fingerprint density at radius 1 is 1.10 bits per heavy atom. The smallest absolute Gasteiger partial charge is 0.247 e. The number of fused-ring (bicyclic) bond motifs is 1. The van der Waals surface area contributed by atoms with Crippen molar-refractivity contribution in [2.24, 2.45) is 5.92 Å². The van der Waals surface area contributed by atoms with Crippen molar-refractivity contribution in [3.8, 4) is 0 Å². The lowest BCUT2D eigenvalue weighted by molar-refractivity contribution is -0.131. The van der Waals surface area contributed by atoms with E-state index in [4.69, 9.17) is 0 Å². The highest BCUT2D eigenvalue weighted by Gasteiger charge is 2.37. The van der Waals surface area contributed by atoms with Crippen molar-refractivity contribution in [2.45, 2.75) is 19.9 Å². The second-order valence-electron chi connectivity index (χ2n) is 5.67. The molecule has 1 aliphatic rings. The first-order valence-electron chi connectivity index (χ1n) is 7.17. The molecule has 1 heterocycles. The van der Waals surface area contributed by atoms with Crippen LogP contribution in [0.15, 0.2) is 42.5 Å². The number of hydrogen-bond donors (Lipinski definition) is 1. The van der Waals surface area contributed by atoms with Gasteiger partial charge in [0, 0.05) is 5.39 Å². The maximum absolute atomic E-state index is 12.4. The number of hydrogen-bond acceptors (Lipinski definition) is 2. The van der Waals surface area contributed by atoms with Crippen molar-refractivity contribution in [1.82, 2.24) is 5.32 Å². The van der Waals surface area contributed by atoms with E-state index < -0.39 is 6.04 Å². The molecule has 0 radical (unpaired) electrons. The first kappa shape index (κ1) is 13.6. The van der Waals surface area contributed by atoms with Crippen LogP contribution in [0.4, 0.5) is 5.69 Å². The molecule has 21 heavy (non-hydrogen) atoms. The van der Waals surface area contributed by atoms with Gasteiger partial charge >= 0.3 is 0 Å². The van der Waals surface area contributed by atoms with Gasteiger partial charge in [-0.05, 0) is 17.4 Å². The molecule has 0 bridgehead atoms. The van der Waals surface area contributed by atoms with Gasteiger partial charge in [0.1, 0.15) is 6.04 Å². The van der Waals surface area contributed by atoms with Gasteiger partial charge in [-0.1, -0.05) is 50.2 Å². The molecule has 1 N–H and O–H groups in total. The molecule has 0 aliphatic carbocycles. The summed E-state index contributed by atoms with van der Waals surface area (Å²) in [4.78, 5) is 26.3. The van der Waals surface area contributed by atoms with Gasteiger partial charge in [-0.2, -0.15) is 0 Å². The Bertz CT molecular complexity index is 704.